The van der Waals surface area contributed by atoms with Crippen LogP contribution in [0.5, 0.6) is 11.5 Å². The minimum absolute atomic E-state index is 0.233. The van der Waals surface area contributed by atoms with Crippen molar-refractivity contribution < 1.29 is 9.47 Å². The van der Waals surface area contributed by atoms with Gasteiger partial charge in [-0.1, -0.05) is 30.3 Å². The van der Waals surface area contributed by atoms with Gasteiger partial charge in [-0.2, -0.15) is 4.98 Å². The Morgan fingerprint density at radius 2 is 1.84 bits per heavy atom. The van der Waals surface area contributed by atoms with Crippen LogP contribution in [0.1, 0.15) is 11.6 Å². The van der Waals surface area contributed by atoms with Gasteiger partial charge >= 0.3 is 0 Å². The summed E-state index contributed by atoms with van der Waals surface area (Å²) in [6.45, 7) is 2.52. The second-order valence-corrected chi connectivity index (χ2v) is 7.54. The van der Waals surface area contributed by atoms with Crippen LogP contribution >= 0.6 is 0 Å². The number of piperazine rings is 1. The highest BCUT2D eigenvalue weighted by molar-refractivity contribution is 5.67. The summed E-state index contributed by atoms with van der Waals surface area (Å²) >= 11 is 0. The van der Waals surface area contributed by atoms with Crippen LogP contribution in [0.3, 0.4) is 0 Å². The first-order valence-corrected chi connectivity index (χ1v) is 10.5. The average molecular weight is 432 g/mol. The maximum Gasteiger partial charge on any atom is 0.247 e. The van der Waals surface area contributed by atoms with E-state index in [9.17, 15) is 0 Å². The molecular weight excluding hydrogens is 406 g/mol. The van der Waals surface area contributed by atoms with Crippen molar-refractivity contribution in [2.24, 2.45) is 0 Å². The van der Waals surface area contributed by atoms with Crippen LogP contribution in [0.4, 0.5) is 17.5 Å². The monoisotopic (exact) mass is 431 g/mol. The fraction of sp³-hybridized carbons (Fsp3) is 0.261. The van der Waals surface area contributed by atoms with Crippen molar-refractivity contribution in [2.45, 2.75) is 6.04 Å². The van der Waals surface area contributed by atoms with E-state index in [1.165, 1.54) is 5.56 Å². The van der Waals surface area contributed by atoms with Gasteiger partial charge in [0.15, 0.2) is 11.5 Å². The molecule has 0 saturated carbocycles. The Morgan fingerprint density at radius 3 is 2.59 bits per heavy atom. The predicted octanol–water partition coefficient (Wildman–Crippen LogP) is 3.04. The summed E-state index contributed by atoms with van der Waals surface area (Å²) in [5.74, 6) is 2.67. The second kappa shape index (κ2) is 8.72. The molecule has 2 aromatic carbocycles. The molecule has 2 aromatic heterocycles. The van der Waals surface area contributed by atoms with Gasteiger partial charge < -0.3 is 25.0 Å². The van der Waals surface area contributed by atoms with Crippen LogP contribution in [-0.4, -0.2) is 53.4 Å². The quantitative estimate of drug-likeness (QED) is 0.482. The lowest BCUT2D eigenvalue weighted by molar-refractivity contribution is 0.395. The summed E-state index contributed by atoms with van der Waals surface area (Å²) < 4.78 is 12.5. The molecule has 0 amide bonds. The van der Waals surface area contributed by atoms with E-state index in [1.807, 2.05) is 24.3 Å². The van der Waals surface area contributed by atoms with Crippen LogP contribution in [-0.2, 0) is 0 Å². The summed E-state index contributed by atoms with van der Waals surface area (Å²) in [6, 6.07) is 16.3. The zero-order valence-electron chi connectivity index (χ0n) is 18.0. The van der Waals surface area contributed by atoms with Crippen molar-refractivity contribution in [3.05, 3.63) is 66.5 Å². The molecule has 9 nitrogen and oxygen atoms in total. The molecule has 0 aliphatic carbocycles. The summed E-state index contributed by atoms with van der Waals surface area (Å²) in [5.41, 5.74) is 2.75. The van der Waals surface area contributed by atoms with Gasteiger partial charge in [0.1, 0.15) is 11.5 Å². The van der Waals surface area contributed by atoms with Crippen molar-refractivity contribution in [2.75, 3.05) is 44.1 Å². The van der Waals surface area contributed by atoms with Gasteiger partial charge in [-0.3, -0.25) is 0 Å². The van der Waals surface area contributed by atoms with Crippen LogP contribution in [0.2, 0.25) is 0 Å². The number of ether oxygens (including phenoxy) is 2. The lowest BCUT2D eigenvalue weighted by Gasteiger charge is -2.34. The first kappa shape index (κ1) is 20.1. The van der Waals surface area contributed by atoms with E-state index in [2.05, 4.69) is 49.9 Å². The van der Waals surface area contributed by atoms with E-state index in [-0.39, 0.29) is 6.04 Å². The highest BCUT2D eigenvalue weighted by Crippen LogP contribution is 2.28. The molecule has 1 fully saturated rings. The zero-order valence-corrected chi connectivity index (χ0v) is 18.0. The largest absolute Gasteiger partial charge is 0.497 e. The smallest absolute Gasteiger partial charge is 0.247 e. The average Bonchev–Trinajstić information content (AvgIpc) is 3.26. The van der Waals surface area contributed by atoms with Crippen LogP contribution < -0.4 is 25.0 Å². The van der Waals surface area contributed by atoms with E-state index in [0.717, 1.165) is 31.1 Å². The number of rotatable bonds is 6. The van der Waals surface area contributed by atoms with Gasteiger partial charge in [0.05, 0.1) is 14.2 Å². The van der Waals surface area contributed by atoms with Crippen LogP contribution in [0, 0.1) is 0 Å². The van der Waals surface area contributed by atoms with Gasteiger partial charge in [-0.05, 0) is 5.56 Å². The fourth-order valence-electron chi connectivity index (χ4n) is 3.94. The second-order valence-electron chi connectivity index (χ2n) is 7.54. The third-order valence-corrected chi connectivity index (χ3v) is 5.52. The Hall–Kier alpha value is -3.85. The number of nitrogens with zero attached hydrogens (tertiary/aromatic N) is 5. The number of hydrogen-bond acceptors (Lipinski definition) is 8. The summed E-state index contributed by atoms with van der Waals surface area (Å²) in [6.07, 6.45) is 3.56. The zero-order chi connectivity index (χ0) is 21.9. The van der Waals surface area contributed by atoms with Crippen molar-refractivity contribution >= 4 is 23.1 Å². The van der Waals surface area contributed by atoms with E-state index >= 15 is 0 Å². The Kier molecular flexibility index (Phi) is 5.47. The first-order chi connectivity index (χ1) is 15.7. The van der Waals surface area contributed by atoms with E-state index in [1.54, 1.807) is 31.1 Å². The molecule has 1 aliphatic heterocycles. The third kappa shape index (κ3) is 4.02. The molecule has 0 radical (unpaired) electrons. The number of benzene rings is 2. The molecular formula is C23H25N7O2. The minimum atomic E-state index is 0.233. The molecule has 0 bridgehead atoms. The first-order valence-electron chi connectivity index (χ1n) is 10.5. The molecule has 9 heteroatoms. The number of nitrogens with one attached hydrogen (secondary N) is 2. The van der Waals surface area contributed by atoms with Crippen molar-refractivity contribution in [3.63, 3.8) is 0 Å². The number of fused-ring (bicyclic) bond motifs is 1. The van der Waals surface area contributed by atoms with Crippen molar-refractivity contribution in [1.29, 1.82) is 0 Å². The molecule has 1 unspecified atom stereocenters. The lowest BCUT2D eigenvalue weighted by Crippen LogP contribution is -2.46. The Bertz CT molecular complexity index is 1190. The summed E-state index contributed by atoms with van der Waals surface area (Å²) in [5, 5.41) is 11.4. The Morgan fingerprint density at radius 1 is 1.06 bits per heavy atom. The molecule has 4 aromatic rings. The van der Waals surface area contributed by atoms with Gasteiger partial charge in [0.25, 0.3) is 0 Å². The van der Waals surface area contributed by atoms with Crippen molar-refractivity contribution in [3.8, 4) is 11.5 Å². The fourth-order valence-corrected chi connectivity index (χ4v) is 3.94. The number of anilines is 3. The highest BCUT2D eigenvalue weighted by atomic mass is 16.5. The molecule has 0 spiro atoms. The Balaban J connectivity index is 1.42. The normalized spacial score (nSPS) is 16.2. The lowest BCUT2D eigenvalue weighted by atomic mass is 10.0. The molecule has 1 saturated heterocycles. The maximum absolute atomic E-state index is 5.35. The number of aromatic nitrogens is 4. The third-order valence-electron chi connectivity index (χ3n) is 5.52. The molecule has 1 atom stereocenters. The minimum Gasteiger partial charge on any atom is -0.497 e. The molecule has 3 heterocycles. The summed E-state index contributed by atoms with van der Waals surface area (Å²) in [4.78, 5) is 11.6. The SMILES string of the molecule is COc1cc(Nc2nc3c(N4CCNC(c5ccccc5)C4)nccn3n2)cc(OC)c1. The standard InChI is InChI=1S/C23H25N7O2/c1-31-18-12-17(13-19(14-18)32-2)26-23-27-22-21(25-9-11-30(22)28-23)29-10-8-24-20(15-29)16-6-4-3-5-7-16/h3-7,9,11-14,20,24H,8,10,15H2,1-2H3,(H,26,28). The van der Waals surface area contributed by atoms with Crippen molar-refractivity contribution in [1.82, 2.24) is 24.9 Å². The molecule has 1 aliphatic rings. The van der Waals surface area contributed by atoms with Gasteiger partial charge in [0, 0.05) is 62.0 Å². The molecule has 5 rings (SSSR count). The Labute approximate surface area is 186 Å². The number of methoxy groups -OCH3 is 2. The maximum atomic E-state index is 5.35. The van der Waals surface area contributed by atoms with E-state index in [4.69, 9.17) is 14.5 Å². The van der Waals surface area contributed by atoms with Gasteiger partial charge in [0.2, 0.25) is 5.95 Å². The molecule has 32 heavy (non-hydrogen) atoms. The predicted molar refractivity (Wildman–Crippen MR) is 123 cm³/mol. The highest BCUT2D eigenvalue weighted by Gasteiger charge is 2.24. The van der Waals surface area contributed by atoms with Crippen LogP contribution in [0.25, 0.3) is 5.65 Å². The summed E-state index contributed by atoms with van der Waals surface area (Å²) in [7, 11) is 3.24. The topological polar surface area (TPSA) is 88.8 Å². The van der Waals surface area contributed by atoms with Crippen LogP contribution in [0.15, 0.2) is 60.9 Å². The van der Waals surface area contributed by atoms with Gasteiger partial charge in [-0.25, -0.2) is 9.50 Å². The molecule has 2 N–H and O–H groups in total. The van der Waals surface area contributed by atoms with E-state index in [0.29, 0.717) is 23.1 Å². The van der Waals surface area contributed by atoms with E-state index < -0.39 is 0 Å². The number of hydrogen-bond donors (Lipinski definition) is 2. The molecule has 164 valence electrons. The van der Waals surface area contributed by atoms with Gasteiger partial charge in [-0.15, -0.1) is 5.10 Å².